The Morgan fingerprint density at radius 3 is 2.50 bits per heavy atom. The number of hydrogen-bond donors (Lipinski definition) is 3. The van der Waals surface area contributed by atoms with Gasteiger partial charge in [0.2, 0.25) is 10.0 Å². The molecular weight excluding hydrogens is 385 g/mol. The summed E-state index contributed by atoms with van der Waals surface area (Å²) < 4.78 is 44.2. The number of sulfonamides is 1. The molecule has 0 spiro atoms. The van der Waals surface area contributed by atoms with Gasteiger partial charge in [0.1, 0.15) is 5.82 Å². The second kappa shape index (κ2) is 11.3. The van der Waals surface area contributed by atoms with Crippen molar-refractivity contribution in [3.63, 3.8) is 0 Å². The normalized spacial score (nSPS) is 17.3. The minimum absolute atomic E-state index is 0.0432. The third-order valence-electron chi connectivity index (χ3n) is 4.55. The first-order valence-corrected chi connectivity index (χ1v) is 11.1. The molecule has 0 aliphatic carbocycles. The zero-order chi connectivity index (χ0) is 20.4. The summed E-state index contributed by atoms with van der Waals surface area (Å²) in [6, 6.07) is 6.58. The van der Waals surface area contributed by atoms with Crippen molar-refractivity contribution in [2.24, 2.45) is 4.99 Å². The molecule has 0 radical (unpaired) electrons. The van der Waals surface area contributed by atoms with Gasteiger partial charge >= 0.3 is 0 Å². The number of nitrogens with zero attached hydrogens (tertiary/aromatic N) is 2. The lowest BCUT2D eigenvalue weighted by molar-refractivity contribution is 0.0170. The predicted octanol–water partition coefficient (Wildman–Crippen LogP) is 0.303. The van der Waals surface area contributed by atoms with Gasteiger partial charge in [0.25, 0.3) is 0 Å². The van der Waals surface area contributed by atoms with E-state index in [1.54, 1.807) is 26.1 Å². The van der Waals surface area contributed by atoms with Gasteiger partial charge in [-0.05, 0) is 24.6 Å². The molecule has 1 aromatic carbocycles. The van der Waals surface area contributed by atoms with E-state index >= 15 is 0 Å². The van der Waals surface area contributed by atoms with Gasteiger partial charge < -0.3 is 15.4 Å². The number of rotatable bonds is 9. The number of halogens is 1. The summed E-state index contributed by atoms with van der Waals surface area (Å²) in [5, 5.41) is 6.37. The Morgan fingerprint density at radius 1 is 1.21 bits per heavy atom. The van der Waals surface area contributed by atoms with E-state index < -0.39 is 10.0 Å². The van der Waals surface area contributed by atoms with Crippen molar-refractivity contribution in [1.29, 1.82) is 0 Å². The number of benzene rings is 1. The van der Waals surface area contributed by atoms with Gasteiger partial charge in [-0.2, -0.15) is 0 Å². The summed E-state index contributed by atoms with van der Waals surface area (Å²) in [6.07, 6.45) is 0. The lowest BCUT2D eigenvalue weighted by Crippen LogP contribution is -2.47. The molecule has 0 aromatic heterocycles. The van der Waals surface area contributed by atoms with E-state index in [1.165, 1.54) is 12.1 Å². The Bertz CT molecular complexity index is 721. The van der Waals surface area contributed by atoms with Crippen molar-refractivity contribution in [3.05, 3.63) is 35.6 Å². The van der Waals surface area contributed by atoms with Crippen molar-refractivity contribution >= 4 is 16.0 Å². The van der Waals surface area contributed by atoms with Crippen LogP contribution in [0.15, 0.2) is 29.3 Å². The molecule has 0 amide bonds. The van der Waals surface area contributed by atoms with E-state index in [1.807, 2.05) is 0 Å². The number of morpholine rings is 1. The smallest absolute Gasteiger partial charge is 0.211 e. The highest BCUT2D eigenvalue weighted by molar-refractivity contribution is 7.89. The highest BCUT2D eigenvalue weighted by Crippen LogP contribution is 2.21. The number of aliphatic imine (C=N–C) groups is 1. The highest BCUT2D eigenvalue weighted by atomic mass is 32.2. The molecule has 1 aliphatic rings. The molecule has 158 valence electrons. The molecule has 1 aliphatic heterocycles. The first-order chi connectivity index (χ1) is 13.4. The van der Waals surface area contributed by atoms with Gasteiger partial charge in [0.05, 0.1) is 25.0 Å². The predicted molar refractivity (Wildman–Crippen MR) is 108 cm³/mol. The van der Waals surface area contributed by atoms with Crippen LogP contribution in [-0.4, -0.2) is 78.0 Å². The molecule has 0 saturated carbocycles. The van der Waals surface area contributed by atoms with Crippen LogP contribution in [0.2, 0.25) is 0 Å². The second-order valence-corrected chi connectivity index (χ2v) is 8.49. The molecule has 1 unspecified atom stereocenters. The quantitative estimate of drug-likeness (QED) is 0.305. The fourth-order valence-corrected chi connectivity index (χ4v) is 3.55. The zero-order valence-electron chi connectivity index (χ0n) is 16.4. The van der Waals surface area contributed by atoms with E-state index in [9.17, 15) is 12.8 Å². The van der Waals surface area contributed by atoms with E-state index in [0.29, 0.717) is 32.3 Å². The van der Waals surface area contributed by atoms with Crippen molar-refractivity contribution in [1.82, 2.24) is 20.3 Å². The Balaban J connectivity index is 1.92. The van der Waals surface area contributed by atoms with E-state index in [0.717, 1.165) is 18.7 Å². The molecule has 1 fully saturated rings. The molecule has 1 saturated heterocycles. The fourth-order valence-electron chi connectivity index (χ4n) is 2.94. The van der Waals surface area contributed by atoms with Crippen LogP contribution in [0.4, 0.5) is 4.39 Å². The van der Waals surface area contributed by atoms with Crippen LogP contribution in [0.5, 0.6) is 0 Å². The first kappa shape index (κ1) is 22.5. The van der Waals surface area contributed by atoms with Crippen molar-refractivity contribution in [2.75, 3.05) is 58.7 Å². The average molecular weight is 416 g/mol. The summed E-state index contributed by atoms with van der Waals surface area (Å²) >= 11 is 0. The topological polar surface area (TPSA) is 95.1 Å². The van der Waals surface area contributed by atoms with Crippen LogP contribution in [0.1, 0.15) is 18.5 Å². The molecule has 0 bridgehead atoms. The van der Waals surface area contributed by atoms with Gasteiger partial charge in [-0.1, -0.05) is 12.1 Å². The molecular formula is C18H30FN5O3S. The highest BCUT2D eigenvalue weighted by Gasteiger charge is 2.23. The lowest BCUT2D eigenvalue weighted by atomic mass is 10.0. The number of guanidine groups is 1. The summed E-state index contributed by atoms with van der Waals surface area (Å²) in [6.45, 7) is 5.80. The second-order valence-electron chi connectivity index (χ2n) is 6.39. The molecule has 3 N–H and O–H groups in total. The van der Waals surface area contributed by atoms with Crippen LogP contribution in [0.25, 0.3) is 0 Å². The zero-order valence-corrected chi connectivity index (χ0v) is 17.3. The van der Waals surface area contributed by atoms with Gasteiger partial charge in [-0.15, -0.1) is 0 Å². The molecule has 1 aromatic rings. The molecule has 8 nitrogen and oxygen atoms in total. The Hall–Kier alpha value is -1.75. The number of ether oxygens (including phenoxy) is 1. The maximum absolute atomic E-state index is 13.3. The maximum atomic E-state index is 13.3. The Morgan fingerprint density at radius 2 is 1.89 bits per heavy atom. The SMILES string of the molecule is CCS(=O)(=O)NCCNC(=NC)NCC(c1ccc(F)cc1)N1CCOCC1. The third kappa shape index (κ3) is 7.34. The summed E-state index contributed by atoms with van der Waals surface area (Å²) in [5.74, 6) is 0.374. The number of hydrogen-bond acceptors (Lipinski definition) is 5. The Kier molecular flexibility index (Phi) is 9.10. The van der Waals surface area contributed by atoms with Crippen LogP contribution in [-0.2, 0) is 14.8 Å². The van der Waals surface area contributed by atoms with E-state index in [4.69, 9.17) is 4.74 Å². The van der Waals surface area contributed by atoms with E-state index in [-0.39, 0.29) is 24.2 Å². The van der Waals surface area contributed by atoms with Crippen LogP contribution in [0.3, 0.4) is 0 Å². The third-order valence-corrected chi connectivity index (χ3v) is 5.95. The standard InChI is InChI=1S/C18H30FN5O3S/c1-3-28(25,26)23-9-8-21-18(20-2)22-14-17(24-10-12-27-13-11-24)15-4-6-16(19)7-5-15/h4-7,17,23H,3,8-14H2,1-2H3,(H2,20,21,22). The maximum Gasteiger partial charge on any atom is 0.211 e. The molecule has 1 heterocycles. The van der Waals surface area contributed by atoms with Crippen molar-refractivity contribution in [3.8, 4) is 0 Å². The van der Waals surface area contributed by atoms with E-state index in [2.05, 4.69) is 25.2 Å². The largest absolute Gasteiger partial charge is 0.379 e. The van der Waals surface area contributed by atoms with Crippen LogP contribution in [0, 0.1) is 5.82 Å². The summed E-state index contributed by atoms with van der Waals surface area (Å²) in [7, 11) is -1.54. The van der Waals surface area contributed by atoms with Gasteiger partial charge in [-0.3, -0.25) is 9.89 Å². The monoisotopic (exact) mass is 415 g/mol. The first-order valence-electron chi connectivity index (χ1n) is 9.44. The molecule has 28 heavy (non-hydrogen) atoms. The van der Waals surface area contributed by atoms with Gasteiger partial charge in [0, 0.05) is 39.8 Å². The minimum Gasteiger partial charge on any atom is -0.379 e. The van der Waals surface area contributed by atoms with Crippen LogP contribution < -0.4 is 15.4 Å². The minimum atomic E-state index is -3.20. The van der Waals surface area contributed by atoms with Crippen molar-refractivity contribution < 1.29 is 17.5 Å². The van der Waals surface area contributed by atoms with Gasteiger partial charge in [-0.25, -0.2) is 17.5 Å². The van der Waals surface area contributed by atoms with Gasteiger partial charge in [0.15, 0.2) is 5.96 Å². The molecule has 1 atom stereocenters. The van der Waals surface area contributed by atoms with Crippen molar-refractivity contribution in [2.45, 2.75) is 13.0 Å². The lowest BCUT2D eigenvalue weighted by Gasteiger charge is -2.35. The Labute approximate surface area is 166 Å². The van der Waals surface area contributed by atoms with Crippen LogP contribution >= 0.6 is 0 Å². The number of nitrogens with one attached hydrogen (secondary N) is 3. The summed E-state index contributed by atoms with van der Waals surface area (Å²) in [4.78, 5) is 6.48. The summed E-state index contributed by atoms with van der Waals surface area (Å²) in [5.41, 5.74) is 1.02. The molecule has 10 heteroatoms. The average Bonchev–Trinajstić information content (AvgIpc) is 2.71. The fraction of sp³-hybridized carbons (Fsp3) is 0.611. The molecule has 2 rings (SSSR count).